The summed E-state index contributed by atoms with van der Waals surface area (Å²) in [5, 5.41) is 0. The maximum Gasteiger partial charge on any atom is 0.152 e. The van der Waals surface area contributed by atoms with Gasteiger partial charge in [-0.15, -0.1) is 0 Å². The van der Waals surface area contributed by atoms with Crippen molar-refractivity contribution < 1.29 is 22.0 Å². The highest BCUT2D eigenvalue weighted by molar-refractivity contribution is 7.91. The quantitative estimate of drug-likeness (QED) is 0.772. The Kier molecular flexibility index (Phi) is 3.84. The molecule has 1 saturated heterocycles. The molecule has 0 saturated carbocycles. The summed E-state index contributed by atoms with van der Waals surface area (Å²) >= 11 is 0. The fourth-order valence-corrected chi connectivity index (χ4v) is 3.39. The van der Waals surface area contributed by atoms with Crippen molar-refractivity contribution in [2.24, 2.45) is 0 Å². The number of benzene rings is 1. The third-order valence-electron chi connectivity index (χ3n) is 3.05. The molecule has 0 amide bonds. The predicted octanol–water partition coefficient (Wildman–Crippen LogP) is 1.40. The summed E-state index contributed by atoms with van der Waals surface area (Å²) in [5.41, 5.74) is -0.344. The first-order valence-electron chi connectivity index (χ1n) is 5.82. The Morgan fingerprint density at radius 1 is 1.11 bits per heavy atom. The molecular formula is C12H13F2NO3S. The second kappa shape index (κ2) is 5.24. The average Bonchev–Trinajstić information content (AvgIpc) is 2.50. The van der Waals surface area contributed by atoms with Crippen LogP contribution in [0.5, 0.6) is 0 Å². The van der Waals surface area contributed by atoms with Crippen molar-refractivity contribution in [3.05, 3.63) is 29.3 Å². The lowest BCUT2D eigenvalue weighted by Crippen LogP contribution is -2.28. The number of carbonyl (C=O) groups is 1. The van der Waals surface area contributed by atoms with Gasteiger partial charge in [-0.1, -0.05) is 0 Å². The average molecular weight is 289 g/mol. The molecule has 1 aromatic rings. The molecule has 104 valence electrons. The number of halogens is 2. The van der Waals surface area contributed by atoms with Gasteiger partial charge in [0.25, 0.3) is 0 Å². The van der Waals surface area contributed by atoms with E-state index in [9.17, 15) is 22.0 Å². The first-order valence-corrected chi connectivity index (χ1v) is 7.65. The van der Waals surface area contributed by atoms with Crippen molar-refractivity contribution >= 4 is 21.8 Å². The zero-order valence-electron chi connectivity index (χ0n) is 10.1. The van der Waals surface area contributed by atoms with E-state index in [2.05, 4.69) is 0 Å². The number of aldehydes is 1. The SMILES string of the molecule is O=Cc1cc(F)c(N2CCCS(=O)(=O)CC2)c(F)c1. The Morgan fingerprint density at radius 3 is 2.32 bits per heavy atom. The Balaban J connectivity index is 2.34. The summed E-state index contributed by atoms with van der Waals surface area (Å²) < 4.78 is 50.5. The molecule has 0 radical (unpaired) electrons. The highest BCUT2D eigenvalue weighted by atomic mass is 32.2. The summed E-state index contributed by atoms with van der Waals surface area (Å²) in [6.45, 7) is 0.324. The van der Waals surface area contributed by atoms with E-state index in [4.69, 9.17) is 0 Å². The summed E-state index contributed by atoms with van der Waals surface area (Å²) in [4.78, 5) is 11.9. The molecule has 0 aliphatic carbocycles. The standard InChI is InChI=1S/C12H13F2NO3S/c13-10-6-9(8-16)7-11(14)12(10)15-2-1-4-19(17,18)5-3-15/h6-8H,1-5H2. The van der Waals surface area contributed by atoms with E-state index < -0.39 is 21.5 Å². The molecule has 2 rings (SSSR count). The van der Waals surface area contributed by atoms with Crippen molar-refractivity contribution in [1.29, 1.82) is 0 Å². The lowest BCUT2D eigenvalue weighted by Gasteiger charge is -2.23. The van der Waals surface area contributed by atoms with Gasteiger partial charge in [0.2, 0.25) is 0 Å². The van der Waals surface area contributed by atoms with E-state index >= 15 is 0 Å². The molecular weight excluding hydrogens is 276 g/mol. The van der Waals surface area contributed by atoms with E-state index in [0.29, 0.717) is 12.7 Å². The normalized spacial score (nSPS) is 18.9. The maximum atomic E-state index is 13.8. The molecule has 1 aliphatic heterocycles. The molecule has 7 heteroatoms. The smallest absolute Gasteiger partial charge is 0.152 e. The van der Waals surface area contributed by atoms with Crippen LogP contribution in [0, 0.1) is 11.6 Å². The van der Waals surface area contributed by atoms with Crippen LogP contribution < -0.4 is 4.90 Å². The zero-order valence-corrected chi connectivity index (χ0v) is 10.9. The van der Waals surface area contributed by atoms with Gasteiger partial charge in [-0.3, -0.25) is 4.79 Å². The molecule has 0 N–H and O–H groups in total. The maximum absolute atomic E-state index is 13.8. The summed E-state index contributed by atoms with van der Waals surface area (Å²) in [5.74, 6) is -1.79. The lowest BCUT2D eigenvalue weighted by atomic mass is 10.2. The van der Waals surface area contributed by atoms with Crippen LogP contribution in [-0.4, -0.2) is 39.3 Å². The second-order valence-corrected chi connectivity index (χ2v) is 6.75. The minimum absolute atomic E-state index is 0.0269. The predicted molar refractivity (Wildman–Crippen MR) is 67.2 cm³/mol. The van der Waals surface area contributed by atoms with Gasteiger partial charge in [0.15, 0.2) is 9.84 Å². The van der Waals surface area contributed by atoms with E-state index in [-0.39, 0.29) is 35.8 Å². The van der Waals surface area contributed by atoms with Crippen LogP contribution in [0.15, 0.2) is 12.1 Å². The highest BCUT2D eigenvalue weighted by Gasteiger charge is 2.23. The molecule has 1 fully saturated rings. The number of hydrogen-bond donors (Lipinski definition) is 0. The molecule has 4 nitrogen and oxygen atoms in total. The van der Waals surface area contributed by atoms with Crippen LogP contribution in [0.3, 0.4) is 0 Å². The Morgan fingerprint density at radius 2 is 1.74 bits per heavy atom. The summed E-state index contributed by atoms with van der Waals surface area (Å²) in [6, 6.07) is 1.90. The van der Waals surface area contributed by atoms with Crippen LogP contribution in [0.2, 0.25) is 0 Å². The minimum Gasteiger partial charge on any atom is -0.366 e. The van der Waals surface area contributed by atoms with Crippen molar-refractivity contribution in [1.82, 2.24) is 0 Å². The van der Waals surface area contributed by atoms with Crippen LogP contribution >= 0.6 is 0 Å². The number of rotatable bonds is 2. The van der Waals surface area contributed by atoms with Crippen LogP contribution in [0.4, 0.5) is 14.5 Å². The van der Waals surface area contributed by atoms with Gasteiger partial charge in [0.1, 0.15) is 23.6 Å². The van der Waals surface area contributed by atoms with Crippen LogP contribution in [-0.2, 0) is 9.84 Å². The number of anilines is 1. The lowest BCUT2D eigenvalue weighted by molar-refractivity contribution is 0.112. The Labute approximate surface area is 109 Å². The molecule has 1 aliphatic rings. The fourth-order valence-electron chi connectivity index (χ4n) is 2.12. The number of nitrogens with zero attached hydrogens (tertiary/aromatic N) is 1. The topological polar surface area (TPSA) is 54.5 Å². The molecule has 0 unspecified atom stereocenters. The van der Waals surface area contributed by atoms with Gasteiger partial charge >= 0.3 is 0 Å². The molecule has 19 heavy (non-hydrogen) atoms. The molecule has 0 atom stereocenters. The number of sulfone groups is 1. The van der Waals surface area contributed by atoms with Gasteiger partial charge in [0, 0.05) is 18.7 Å². The van der Waals surface area contributed by atoms with Crippen molar-refractivity contribution in [3.63, 3.8) is 0 Å². The zero-order chi connectivity index (χ0) is 14.0. The third-order valence-corrected chi connectivity index (χ3v) is 4.76. The Hall–Kier alpha value is -1.50. The number of hydrogen-bond acceptors (Lipinski definition) is 4. The van der Waals surface area contributed by atoms with Gasteiger partial charge in [-0.2, -0.15) is 0 Å². The van der Waals surface area contributed by atoms with Crippen LogP contribution in [0.25, 0.3) is 0 Å². The Bertz CT molecular complexity index is 578. The van der Waals surface area contributed by atoms with Gasteiger partial charge < -0.3 is 4.90 Å². The largest absolute Gasteiger partial charge is 0.366 e. The monoisotopic (exact) mass is 289 g/mol. The highest BCUT2D eigenvalue weighted by Crippen LogP contribution is 2.26. The molecule has 0 spiro atoms. The third kappa shape index (κ3) is 3.09. The van der Waals surface area contributed by atoms with Gasteiger partial charge in [0.05, 0.1) is 11.5 Å². The molecule has 0 bridgehead atoms. The van der Waals surface area contributed by atoms with Crippen molar-refractivity contribution in [3.8, 4) is 0 Å². The fraction of sp³-hybridized carbons (Fsp3) is 0.417. The van der Waals surface area contributed by atoms with E-state index in [1.54, 1.807) is 0 Å². The molecule has 1 aromatic carbocycles. The van der Waals surface area contributed by atoms with E-state index in [0.717, 1.165) is 12.1 Å². The molecule has 1 heterocycles. The summed E-state index contributed by atoms with van der Waals surface area (Å²) in [7, 11) is -3.14. The van der Waals surface area contributed by atoms with Gasteiger partial charge in [-0.05, 0) is 18.6 Å². The first-order chi connectivity index (χ1) is 8.93. The van der Waals surface area contributed by atoms with Gasteiger partial charge in [-0.25, -0.2) is 17.2 Å². The van der Waals surface area contributed by atoms with Crippen LogP contribution in [0.1, 0.15) is 16.8 Å². The van der Waals surface area contributed by atoms with Crippen molar-refractivity contribution in [2.45, 2.75) is 6.42 Å². The van der Waals surface area contributed by atoms with Crippen molar-refractivity contribution in [2.75, 3.05) is 29.5 Å². The molecule has 0 aromatic heterocycles. The minimum atomic E-state index is -3.14. The van der Waals surface area contributed by atoms with E-state index in [1.165, 1.54) is 4.90 Å². The number of carbonyl (C=O) groups excluding carboxylic acids is 1. The van der Waals surface area contributed by atoms with E-state index in [1.807, 2.05) is 0 Å². The summed E-state index contributed by atoms with van der Waals surface area (Å²) in [6.07, 6.45) is 0.694. The second-order valence-electron chi connectivity index (χ2n) is 4.44. The first kappa shape index (κ1) is 13.9.